The highest BCUT2D eigenvalue weighted by Crippen LogP contribution is 2.30. The summed E-state index contributed by atoms with van der Waals surface area (Å²) < 4.78 is 7.02. The number of hydrogen-bond donors (Lipinski definition) is 1. The van der Waals surface area contributed by atoms with Crippen molar-refractivity contribution in [2.75, 3.05) is 19.7 Å². The molecule has 1 heterocycles. The maximum Gasteiger partial charge on any atom is 0.133 e. The van der Waals surface area contributed by atoms with E-state index in [0.29, 0.717) is 5.92 Å². The first-order valence-corrected chi connectivity index (χ1v) is 8.63. The largest absolute Gasteiger partial charge is 0.492 e. The van der Waals surface area contributed by atoms with Gasteiger partial charge in [-0.2, -0.15) is 0 Å². The van der Waals surface area contributed by atoms with Gasteiger partial charge in [0.05, 0.1) is 11.1 Å². The zero-order valence-electron chi connectivity index (χ0n) is 12.6. The van der Waals surface area contributed by atoms with Crippen LogP contribution in [0.15, 0.2) is 22.7 Å². The fraction of sp³-hybridized carbons (Fsp3) is 0.647. The smallest absolute Gasteiger partial charge is 0.133 e. The van der Waals surface area contributed by atoms with Gasteiger partial charge in [0.15, 0.2) is 0 Å². The molecule has 112 valence electrons. The van der Waals surface area contributed by atoms with Gasteiger partial charge in [-0.15, -0.1) is 0 Å². The van der Waals surface area contributed by atoms with Crippen LogP contribution in [0.4, 0.5) is 0 Å². The Morgan fingerprint density at radius 2 is 2.10 bits per heavy atom. The monoisotopic (exact) mass is 339 g/mol. The van der Waals surface area contributed by atoms with Gasteiger partial charge < -0.3 is 10.1 Å². The van der Waals surface area contributed by atoms with Crippen LogP contribution in [0.2, 0.25) is 0 Å². The zero-order valence-corrected chi connectivity index (χ0v) is 14.2. The van der Waals surface area contributed by atoms with Gasteiger partial charge in [-0.25, -0.2) is 0 Å². The Bertz CT molecular complexity index is 415. The van der Waals surface area contributed by atoms with E-state index in [-0.39, 0.29) is 0 Å². The second-order valence-corrected chi connectivity index (χ2v) is 6.68. The molecule has 0 bridgehead atoms. The van der Waals surface area contributed by atoms with Crippen molar-refractivity contribution in [3.05, 3.63) is 28.2 Å². The van der Waals surface area contributed by atoms with Crippen molar-refractivity contribution in [1.82, 2.24) is 5.32 Å². The number of hydrogen-bond acceptors (Lipinski definition) is 2. The molecule has 2 rings (SSSR count). The number of benzene rings is 1. The molecule has 0 aliphatic carbocycles. The quantitative estimate of drug-likeness (QED) is 0.808. The van der Waals surface area contributed by atoms with Gasteiger partial charge in [0.25, 0.3) is 0 Å². The first-order valence-electron chi connectivity index (χ1n) is 7.83. The number of rotatable bonds is 6. The summed E-state index contributed by atoms with van der Waals surface area (Å²) in [6.07, 6.45) is 4.92. The highest BCUT2D eigenvalue weighted by Gasteiger charge is 2.13. The third-order valence-electron chi connectivity index (χ3n) is 4.38. The summed E-state index contributed by atoms with van der Waals surface area (Å²) in [5, 5.41) is 3.41. The Morgan fingerprint density at radius 3 is 2.75 bits per heavy atom. The van der Waals surface area contributed by atoms with Crippen molar-refractivity contribution in [3.63, 3.8) is 0 Å². The van der Waals surface area contributed by atoms with E-state index in [1.807, 2.05) is 0 Å². The molecule has 1 atom stereocenters. The molecular weight excluding hydrogens is 314 g/mol. The Balaban J connectivity index is 1.83. The van der Waals surface area contributed by atoms with E-state index in [1.54, 1.807) is 0 Å². The third-order valence-corrected chi connectivity index (χ3v) is 5.00. The molecule has 0 radical (unpaired) electrons. The van der Waals surface area contributed by atoms with E-state index in [9.17, 15) is 0 Å². The Labute approximate surface area is 131 Å². The van der Waals surface area contributed by atoms with Gasteiger partial charge in [-0.3, -0.25) is 0 Å². The molecule has 1 aromatic rings. The molecule has 0 aromatic heterocycles. The Morgan fingerprint density at radius 1 is 1.35 bits per heavy atom. The van der Waals surface area contributed by atoms with E-state index in [1.165, 1.54) is 31.2 Å². The summed E-state index contributed by atoms with van der Waals surface area (Å²) in [7, 11) is 0. The molecule has 1 N–H and O–H groups in total. The summed E-state index contributed by atoms with van der Waals surface area (Å²) >= 11 is 3.64. The fourth-order valence-electron chi connectivity index (χ4n) is 2.68. The van der Waals surface area contributed by atoms with Crippen LogP contribution in [0.5, 0.6) is 5.75 Å². The lowest BCUT2D eigenvalue weighted by molar-refractivity contribution is 0.250. The van der Waals surface area contributed by atoms with Crippen LogP contribution in [0.3, 0.4) is 0 Å². The standard InChI is InChI=1S/C17H26BrNO/c1-3-13(2)15-4-5-17(16(18)12-15)20-11-8-14-6-9-19-10-7-14/h4-5,12-14,19H,3,6-11H2,1-2H3/t13-/m1/s1. The van der Waals surface area contributed by atoms with Crippen molar-refractivity contribution < 1.29 is 4.74 Å². The maximum atomic E-state index is 5.94. The van der Waals surface area contributed by atoms with Gasteiger partial charge in [-0.1, -0.05) is 19.9 Å². The number of ether oxygens (including phenoxy) is 1. The molecule has 20 heavy (non-hydrogen) atoms. The molecule has 1 aliphatic rings. The molecule has 1 fully saturated rings. The van der Waals surface area contributed by atoms with E-state index in [2.05, 4.69) is 53.3 Å². The molecule has 0 amide bonds. The summed E-state index contributed by atoms with van der Waals surface area (Å²) in [4.78, 5) is 0. The topological polar surface area (TPSA) is 21.3 Å². The van der Waals surface area contributed by atoms with Crippen LogP contribution < -0.4 is 10.1 Å². The van der Waals surface area contributed by atoms with Crippen LogP contribution >= 0.6 is 15.9 Å². The summed E-state index contributed by atoms with van der Waals surface area (Å²) in [6.45, 7) is 7.64. The van der Waals surface area contributed by atoms with E-state index in [4.69, 9.17) is 4.74 Å². The SMILES string of the molecule is CC[C@@H](C)c1ccc(OCCC2CCNCC2)c(Br)c1. The van der Waals surface area contributed by atoms with Crippen molar-refractivity contribution in [3.8, 4) is 5.75 Å². The van der Waals surface area contributed by atoms with Crippen molar-refractivity contribution in [2.45, 2.75) is 45.4 Å². The van der Waals surface area contributed by atoms with Crippen LogP contribution in [0.25, 0.3) is 0 Å². The zero-order chi connectivity index (χ0) is 14.4. The lowest BCUT2D eigenvalue weighted by atomic mass is 9.95. The molecular formula is C17H26BrNO. The van der Waals surface area contributed by atoms with Crippen LogP contribution in [-0.4, -0.2) is 19.7 Å². The van der Waals surface area contributed by atoms with E-state index < -0.39 is 0 Å². The first kappa shape index (κ1) is 15.8. The molecule has 0 spiro atoms. The minimum atomic E-state index is 0.607. The number of nitrogens with one attached hydrogen (secondary N) is 1. The number of piperidine rings is 1. The highest BCUT2D eigenvalue weighted by atomic mass is 79.9. The van der Waals surface area contributed by atoms with Gasteiger partial charge in [-0.05, 0) is 84.2 Å². The van der Waals surface area contributed by atoms with Crippen LogP contribution in [-0.2, 0) is 0 Å². The first-order chi connectivity index (χ1) is 9.70. The molecule has 1 aliphatic heterocycles. The third kappa shape index (κ3) is 4.49. The molecule has 0 saturated carbocycles. The second-order valence-electron chi connectivity index (χ2n) is 5.83. The summed E-state index contributed by atoms with van der Waals surface area (Å²) in [5.74, 6) is 2.41. The van der Waals surface area contributed by atoms with E-state index >= 15 is 0 Å². The predicted molar refractivity (Wildman–Crippen MR) is 88.6 cm³/mol. The summed E-state index contributed by atoms with van der Waals surface area (Å²) in [6, 6.07) is 6.50. The molecule has 1 saturated heterocycles. The van der Waals surface area contributed by atoms with Gasteiger partial charge >= 0.3 is 0 Å². The van der Waals surface area contributed by atoms with Crippen LogP contribution in [0.1, 0.15) is 51.0 Å². The Hall–Kier alpha value is -0.540. The molecule has 1 aromatic carbocycles. The number of halogens is 1. The van der Waals surface area contributed by atoms with Crippen molar-refractivity contribution in [1.29, 1.82) is 0 Å². The van der Waals surface area contributed by atoms with Crippen LogP contribution in [0, 0.1) is 5.92 Å². The lowest BCUT2D eigenvalue weighted by Gasteiger charge is -2.22. The van der Waals surface area contributed by atoms with Gasteiger partial charge in [0.1, 0.15) is 5.75 Å². The lowest BCUT2D eigenvalue weighted by Crippen LogP contribution is -2.28. The average molecular weight is 340 g/mol. The molecule has 3 heteroatoms. The van der Waals surface area contributed by atoms with Gasteiger partial charge in [0.2, 0.25) is 0 Å². The minimum absolute atomic E-state index is 0.607. The van der Waals surface area contributed by atoms with Crippen molar-refractivity contribution >= 4 is 15.9 Å². The summed E-state index contributed by atoms with van der Waals surface area (Å²) in [5.41, 5.74) is 1.38. The second kappa shape index (κ2) is 8.04. The Kier molecular flexibility index (Phi) is 6.37. The highest BCUT2D eigenvalue weighted by molar-refractivity contribution is 9.10. The minimum Gasteiger partial charge on any atom is -0.492 e. The normalized spacial score (nSPS) is 17.9. The maximum absolute atomic E-state index is 5.94. The van der Waals surface area contributed by atoms with Gasteiger partial charge in [0, 0.05) is 0 Å². The van der Waals surface area contributed by atoms with Crippen molar-refractivity contribution in [2.24, 2.45) is 5.92 Å². The fourth-order valence-corrected chi connectivity index (χ4v) is 3.19. The predicted octanol–water partition coefficient (Wildman–Crippen LogP) is 4.73. The molecule has 0 unspecified atom stereocenters. The van der Waals surface area contributed by atoms with E-state index in [0.717, 1.165) is 35.8 Å². The molecule has 2 nitrogen and oxygen atoms in total. The average Bonchev–Trinajstić information content (AvgIpc) is 2.49.